The summed E-state index contributed by atoms with van der Waals surface area (Å²) in [7, 11) is 0. The van der Waals surface area contributed by atoms with Gasteiger partial charge in [0.1, 0.15) is 12.7 Å². The number of hydrogen-bond donors (Lipinski definition) is 0. The van der Waals surface area contributed by atoms with Crippen LogP contribution < -0.4 is 0 Å². The van der Waals surface area contributed by atoms with Crippen molar-refractivity contribution < 1.29 is 38.1 Å². The van der Waals surface area contributed by atoms with Crippen LogP contribution in [0.2, 0.25) is 0 Å². The van der Waals surface area contributed by atoms with Crippen LogP contribution in [-0.2, 0) is 38.1 Å². The van der Waals surface area contributed by atoms with Crippen LogP contribution in [0.15, 0.2) is 0 Å². The van der Waals surface area contributed by atoms with E-state index in [-0.39, 0.29) is 44.2 Å². The largest absolute Gasteiger partial charge is 0.462 e. The predicted octanol–water partition coefficient (Wildman–Crippen LogP) is 12.8. The molecule has 0 N–H and O–H groups in total. The minimum Gasteiger partial charge on any atom is -0.462 e. The van der Waals surface area contributed by atoms with E-state index in [4.69, 9.17) is 18.9 Å². The first kappa shape index (κ1) is 50.9. The Kier molecular flexibility index (Phi) is 36.6. The Bertz CT molecular complexity index is 875. The lowest BCUT2D eigenvalue weighted by molar-refractivity contribution is -0.192. The maximum absolute atomic E-state index is 13.4. The predicted molar refractivity (Wildman–Crippen MR) is 217 cm³/mol. The molecule has 0 aliphatic carbocycles. The molecule has 0 heterocycles. The van der Waals surface area contributed by atoms with Gasteiger partial charge in [-0.1, -0.05) is 176 Å². The molecule has 0 aromatic carbocycles. The van der Waals surface area contributed by atoms with Gasteiger partial charge in [-0.3, -0.25) is 19.2 Å². The number of carbonyl (C=O) groups excluding carboxylic acids is 4. The first-order valence-electron chi connectivity index (χ1n) is 22.6. The second kappa shape index (κ2) is 38.2. The van der Waals surface area contributed by atoms with Crippen LogP contribution >= 0.6 is 0 Å². The smallest absolute Gasteiger partial charge is 0.306 e. The van der Waals surface area contributed by atoms with Gasteiger partial charge in [0.05, 0.1) is 0 Å². The second-order valence-electron chi connectivity index (χ2n) is 15.3. The molecule has 0 spiro atoms. The van der Waals surface area contributed by atoms with Crippen LogP contribution in [0.1, 0.15) is 240 Å². The summed E-state index contributed by atoms with van der Waals surface area (Å²) in [6.45, 7) is 10.6. The van der Waals surface area contributed by atoms with Gasteiger partial charge >= 0.3 is 23.9 Å². The lowest BCUT2D eigenvalue weighted by atomic mass is 10.0. The third-order valence-corrected chi connectivity index (χ3v) is 10.0. The fourth-order valence-electron chi connectivity index (χ4n) is 6.59. The average Bonchev–Trinajstić information content (AvgIpc) is 3.14. The van der Waals surface area contributed by atoms with E-state index in [0.717, 1.165) is 122 Å². The summed E-state index contributed by atoms with van der Waals surface area (Å²) in [5, 5.41) is 0. The monoisotopic (exact) mass is 753 g/mol. The summed E-state index contributed by atoms with van der Waals surface area (Å²) in [4.78, 5) is 52.9. The summed E-state index contributed by atoms with van der Waals surface area (Å²) in [6.07, 6.45) is 26.1. The molecule has 0 aromatic rings. The van der Waals surface area contributed by atoms with Crippen LogP contribution in [0.5, 0.6) is 0 Å². The van der Waals surface area contributed by atoms with Crippen LogP contribution in [0, 0.1) is 0 Å². The van der Waals surface area contributed by atoms with Crippen molar-refractivity contribution in [2.45, 2.75) is 258 Å². The zero-order chi connectivity index (χ0) is 39.2. The Labute approximate surface area is 326 Å². The summed E-state index contributed by atoms with van der Waals surface area (Å²) in [6, 6.07) is 0. The Morgan fingerprint density at radius 3 is 1.04 bits per heavy atom. The van der Waals surface area contributed by atoms with Gasteiger partial charge in [-0.2, -0.15) is 0 Å². The molecule has 0 aliphatic rings. The molecule has 1 unspecified atom stereocenters. The Morgan fingerprint density at radius 1 is 0.340 bits per heavy atom. The molecule has 0 amide bonds. The molecule has 0 radical (unpaired) electrons. The first-order chi connectivity index (χ1) is 25.8. The van der Waals surface area contributed by atoms with Gasteiger partial charge < -0.3 is 18.9 Å². The van der Waals surface area contributed by atoms with E-state index >= 15 is 0 Å². The molecule has 0 aliphatic heterocycles. The highest BCUT2D eigenvalue weighted by Crippen LogP contribution is 2.23. The average molecular weight is 753 g/mol. The molecule has 0 saturated heterocycles. The van der Waals surface area contributed by atoms with Crippen molar-refractivity contribution >= 4 is 23.9 Å². The first-order valence-corrected chi connectivity index (χ1v) is 22.6. The van der Waals surface area contributed by atoms with E-state index in [1.807, 2.05) is 0 Å². The molecule has 3 atom stereocenters. The van der Waals surface area contributed by atoms with E-state index < -0.39 is 30.3 Å². The molecule has 312 valence electrons. The summed E-state index contributed by atoms with van der Waals surface area (Å²) in [5.41, 5.74) is 0. The van der Waals surface area contributed by atoms with E-state index in [9.17, 15) is 19.2 Å². The topological polar surface area (TPSA) is 105 Å². The molecular weight excluding hydrogens is 668 g/mol. The van der Waals surface area contributed by atoms with Gasteiger partial charge in [0.25, 0.3) is 0 Å². The molecule has 0 bridgehead atoms. The van der Waals surface area contributed by atoms with Gasteiger partial charge in [-0.25, -0.2) is 0 Å². The molecule has 0 saturated carbocycles. The number of hydrogen-bond acceptors (Lipinski definition) is 8. The molecule has 0 rings (SSSR count). The fraction of sp³-hybridized carbons (Fsp3) is 0.911. The highest BCUT2D eigenvalue weighted by Gasteiger charge is 2.39. The van der Waals surface area contributed by atoms with Gasteiger partial charge in [0, 0.05) is 25.7 Å². The SMILES string of the molecule is CCCCCCCCC(=O)OC[C@@H](OC(=O)CCCCCCCC)[C@@H](OC(=O)CCCCCCCC)C(CCCCC)OC(=O)CCCCCCCC. The maximum atomic E-state index is 13.4. The van der Waals surface area contributed by atoms with Crippen molar-refractivity contribution in [2.75, 3.05) is 6.61 Å². The Balaban J connectivity index is 6.06. The van der Waals surface area contributed by atoms with Gasteiger partial charge in [-0.15, -0.1) is 0 Å². The van der Waals surface area contributed by atoms with E-state index in [1.54, 1.807) is 0 Å². The summed E-state index contributed by atoms with van der Waals surface area (Å²) >= 11 is 0. The molecule has 0 fully saturated rings. The zero-order valence-corrected chi connectivity index (χ0v) is 35.3. The van der Waals surface area contributed by atoms with Crippen molar-refractivity contribution in [3.63, 3.8) is 0 Å². The molecule has 8 nitrogen and oxygen atoms in total. The second-order valence-corrected chi connectivity index (χ2v) is 15.3. The number of esters is 4. The minimum absolute atomic E-state index is 0.227. The van der Waals surface area contributed by atoms with Crippen molar-refractivity contribution in [1.29, 1.82) is 0 Å². The summed E-state index contributed by atoms with van der Waals surface area (Å²) < 4.78 is 24.1. The van der Waals surface area contributed by atoms with E-state index in [1.165, 1.54) is 38.5 Å². The lowest BCUT2D eigenvalue weighted by Gasteiger charge is -2.32. The molecule has 0 aromatic heterocycles. The standard InChI is InChI=1S/C45H84O8/c1-6-11-16-20-24-29-34-41(46)50-38-40(52-43(48)36-31-26-22-18-13-8-3)45(53-44(49)37-32-27-23-19-14-9-4)39(33-28-15-10-5)51-42(47)35-30-25-21-17-12-7-2/h39-40,45H,6-38H2,1-5H3/t39?,40-,45+/m1/s1. The maximum Gasteiger partial charge on any atom is 0.306 e. The highest BCUT2D eigenvalue weighted by molar-refractivity contribution is 5.72. The molecule has 8 heteroatoms. The third kappa shape index (κ3) is 31.9. The summed E-state index contributed by atoms with van der Waals surface area (Å²) in [5.74, 6) is -1.53. The van der Waals surface area contributed by atoms with Crippen molar-refractivity contribution in [3.8, 4) is 0 Å². The van der Waals surface area contributed by atoms with E-state index in [0.29, 0.717) is 19.3 Å². The number of carbonyl (C=O) groups is 4. The van der Waals surface area contributed by atoms with Crippen molar-refractivity contribution in [2.24, 2.45) is 0 Å². The fourth-order valence-corrected chi connectivity index (χ4v) is 6.59. The van der Waals surface area contributed by atoms with Crippen molar-refractivity contribution in [1.82, 2.24) is 0 Å². The van der Waals surface area contributed by atoms with Crippen LogP contribution in [0.25, 0.3) is 0 Å². The molecule has 53 heavy (non-hydrogen) atoms. The van der Waals surface area contributed by atoms with Gasteiger partial charge in [0.2, 0.25) is 0 Å². The van der Waals surface area contributed by atoms with Gasteiger partial charge in [-0.05, 0) is 38.5 Å². The van der Waals surface area contributed by atoms with E-state index in [2.05, 4.69) is 34.6 Å². The van der Waals surface area contributed by atoms with Crippen LogP contribution in [0.3, 0.4) is 0 Å². The number of unbranched alkanes of at least 4 members (excludes halogenated alkanes) is 22. The normalized spacial score (nSPS) is 12.9. The highest BCUT2D eigenvalue weighted by atomic mass is 16.6. The minimum atomic E-state index is -1.07. The Hall–Kier alpha value is -2.12. The quantitative estimate of drug-likeness (QED) is 0.0347. The lowest BCUT2D eigenvalue weighted by Crippen LogP contribution is -2.48. The number of ether oxygens (including phenoxy) is 4. The van der Waals surface area contributed by atoms with Gasteiger partial charge in [0.15, 0.2) is 12.2 Å². The Morgan fingerprint density at radius 2 is 0.642 bits per heavy atom. The molecular formula is C45H84O8. The van der Waals surface area contributed by atoms with Crippen LogP contribution in [0.4, 0.5) is 0 Å². The van der Waals surface area contributed by atoms with Crippen molar-refractivity contribution in [3.05, 3.63) is 0 Å². The third-order valence-electron chi connectivity index (χ3n) is 10.0. The number of rotatable bonds is 39. The van der Waals surface area contributed by atoms with Crippen LogP contribution in [-0.4, -0.2) is 48.8 Å². The zero-order valence-electron chi connectivity index (χ0n) is 35.3.